The van der Waals surface area contributed by atoms with E-state index in [1.807, 2.05) is 0 Å². The molecule has 0 saturated carbocycles. The third kappa shape index (κ3) is 9.91. The van der Waals surface area contributed by atoms with Crippen LogP contribution in [0.15, 0.2) is 59.7 Å². The molecule has 2 heterocycles. The Morgan fingerprint density at radius 1 is 0.889 bits per heavy atom. The van der Waals surface area contributed by atoms with E-state index < -0.39 is 13.2 Å². The summed E-state index contributed by atoms with van der Waals surface area (Å²) in [5.41, 5.74) is 6.58. The van der Waals surface area contributed by atoms with Gasteiger partial charge in [-0.1, -0.05) is 23.5 Å². The van der Waals surface area contributed by atoms with Crippen LogP contribution in [0.1, 0.15) is 20.7 Å². The number of imidazole rings is 1. The number of carbonyl (C=O) groups is 2. The van der Waals surface area contributed by atoms with Gasteiger partial charge in [0.25, 0.3) is 5.56 Å². The van der Waals surface area contributed by atoms with Crippen LogP contribution in [-0.2, 0) is 24.9 Å². The lowest BCUT2D eigenvalue weighted by atomic mass is 10.2. The number of benzene rings is 2. The van der Waals surface area contributed by atoms with Gasteiger partial charge in [-0.05, 0) is 48.5 Å². The number of nitrogen functional groups attached to an aromatic ring is 1. The fraction of sp³-hybridized carbons (Fsp3) is 0.321. The second kappa shape index (κ2) is 16.6. The molecule has 0 aliphatic heterocycles. The number of hydrogen-bond donors (Lipinski definition) is 2. The number of nitrogens with two attached hydrogens (primary N) is 1. The molecule has 4 rings (SSSR count). The van der Waals surface area contributed by atoms with Crippen LogP contribution in [0.5, 0.6) is 11.5 Å². The number of rotatable bonds is 17. The summed E-state index contributed by atoms with van der Waals surface area (Å²) in [4.78, 5) is 47.6. The molecule has 0 bridgehead atoms. The lowest BCUT2D eigenvalue weighted by Gasteiger charge is -2.18. The number of fused-ring (bicyclic) bond motifs is 1. The molecule has 0 aliphatic carbocycles. The van der Waals surface area contributed by atoms with Crippen LogP contribution < -0.4 is 20.8 Å². The highest BCUT2D eigenvalue weighted by Crippen LogP contribution is 2.48. The number of nitrogens with one attached hydrogen (secondary N) is 1. The molecule has 45 heavy (non-hydrogen) atoms. The Morgan fingerprint density at radius 2 is 1.42 bits per heavy atom. The van der Waals surface area contributed by atoms with E-state index in [0.29, 0.717) is 22.6 Å². The molecule has 3 N–H and O–H groups in total. The molecule has 0 unspecified atom stereocenters. The molecule has 0 aliphatic rings. The number of thioether (sulfide) groups is 2. The van der Waals surface area contributed by atoms with Crippen molar-refractivity contribution in [2.45, 2.75) is 6.54 Å². The number of hydrogen-bond acceptors (Lipinski definition) is 14. The number of nitrogens with zero attached hydrogens (tertiary/aromatic N) is 3. The average Bonchev–Trinajstić information content (AvgIpc) is 3.46. The fourth-order valence-corrected chi connectivity index (χ4v) is 6.70. The normalized spacial score (nSPS) is 11.5. The van der Waals surface area contributed by atoms with E-state index in [-0.39, 0.29) is 71.6 Å². The Morgan fingerprint density at radius 3 is 1.93 bits per heavy atom. The Hall–Kier alpha value is -3.66. The molecule has 17 heteroatoms. The molecular weight excluding hydrogens is 645 g/mol. The number of aromatic nitrogens is 4. The van der Waals surface area contributed by atoms with Gasteiger partial charge in [0.2, 0.25) is 16.2 Å². The van der Waals surface area contributed by atoms with Gasteiger partial charge in [0, 0.05) is 29.2 Å². The van der Waals surface area contributed by atoms with E-state index in [1.54, 1.807) is 67.3 Å². The van der Waals surface area contributed by atoms with Crippen molar-refractivity contribution >= 4 is 58.5 Å². The molecule has 0 spiro atoms. The summed E-state index contributed by atoms with van der Waals surface area (Å²) >= 11 is 2.02. The summed E-state index contributed by atoms with van der Waals surface area (Å²) in [7, 11) is -0.712. The maximum atomic E-state index is 13.6. The second-order valence-corrected chi connectivity index (χ2v) is 13.2. The zero-order chi connectivity index (χ0) is 32.2. The van der Waals surface area contributed by atoms with E-state index >= 15 is 0 Å². The number of ether oxygens (including phenoxy) is 3. The summed E-state index contributed by atoms with van der Waals surface area (Å²) in [5, 5.41) is -0.357. The van der Waals surface area contributed by atoms with E-state index in [4.69, 9.17) is 29.0 Å². The van der Waals surface area contributed by atoms with Crippen molar-refractivity contribution in [1.82, 2.24) is 19.5 Å². The number of methoxy groups -OCH3 is 2. The number of carbonyl (C=O) groups excluding carboxylic acids is 2. The monoisotopic (exact) mass is 677 g/mol. The Kier molecular flexibility index (Phi) is 12.6. The van der Waals surface area contributed by atoms with Crippen molar-refractivity contribution < 1.29 is 37.4 Å². The first-order chi connectivity index (χ1) is 21.7. The van der Waals surface area contributed by atoms with E-state index in [0.717, 1.165) is 23.5 Å². The maximum Gasteiger partial charge on any atom is 0.356 e. The lowest BCUT2D eigenvalue weighted by molar-refractivity contribution is 0.108. The van der Waals surface area contributed by atoms with Crippen LogP contribution in [-0.4, -0.2) is 81.6 Å². The van der Waals surface area contributed by atoms with Crippen molar-refractivity contribution in [3.63, 3.8) is 0 Å². The third-order valence-electron chi connectivity index (χ3n) is 6.08. The summed E-state index contributed by atoms with van der Waals surface area (Å²) in [6, 6.07) is 13.4. The minimum atomic E-state index is -3.79. The number of H-pyrrole nitrogens is 1. The molecule has 4 aromatic rings. The Labute approximate surface area is 266 Å². The second-order valence-electron chi connectivity index (χ2n) is 9.10. The van der Waals surface area contributed by atoms with Gasteiger partial charge in [-0.2, -0.15) is 4.98 Å². The SMILES string of the molecule is COc1ccc(C(=O)SCCOP(=O)(COCCn2cnc3c(=O)[nH]c(N)nc32)OCCSC(=O)c2ccc(OC)cc2)cc1. The van der Waals surface area contributed by atoms with Crippen LogP contribution in [0.25, 0.3) is 11.2 Å². The van der Waals surface area contributed by atoms with Gasteiger partial charge < -0.3 is 33.6 Å². The van der Waals surface area contributed by atoms with Gasteiger partial charge in [0.05, 0.1) is 40.4 Å². The number of anilines is 1. The smallest absolute Gasteiger partial charge is 0.356 e. The fourth-order valence-electron chi connectivity index (χ4n) is 3.83. The number of aromatic amines is 1. The van der Waals surface area contributed by atoms with Crippen LogP contribution in [0.3, 0.4) is 0 Å². The van der Waals surface area contributed by atoms with Crippen molar-refractivity contribution in [2.75, 3.05) is 57.6 Å². The zero-order valence-electron chi connectivity index (χ0n) is 24.5. The predicted octanol–water partition coefficient (Wildman–Crippen LogP) is 4.07. The van der Waals surface area contributed by atoms with Crippen LogP contribution in [0, 0.1) is 0 Å². The van der Waals surface area contributed by atoms with Crippen molar-refractivity contribution in [2.24, 2.45) is 0 Å². The highest BCUT2D eigenvalue weighted by atomic mass is 32.2. The quantitative estimate of drug-likeness (QED) is 0.120. The summed E-state index contributed by atoms with van der Waals surface area (Å²) < 4.78 is 42.3. The molecule has 0 radical (unpaired) electrons. The summed E-state index contributed by atoms with van der Waals surface area (Å²) in [6.45, 7) is 0.184. The van der Waals surface area contributed by atoms with Crippen molar-refractivity contribution in [3.8, 4) is 11.5 Å². The molecule has 240 valence electrons. The molecular formula is C28H32N5O9PS2. The van der Waals surface area contributed by atoms with E-state index in [9.17, 15) is 18.9 Å². The van der Waals surface area contributed by atoms with Crippen LogP contribution >= 0.6 is 31.1 Å². The summed E-state index contributed by atoms with van der Waals surface area (Å²) in [6.07, 6.45) is 1.04. The lowest BCUT2D eigenvalue weighted by Crippen LogP contribution is -2.14. The highest BCUT2D eigenvalue weighted by Gasteiger charge is 2.26. The first-order valence-electron chi connectivity index (χ1n) is 13.5. The largest absolute Gasteiger partial charge is 0.497 e. The van der Waals surface area contributed by atoms with E-state index in [1.165, 1.54) is 6.33 Å². The van der Waals surface area contributed by atoms with Gasteiger partial charge in [-0.25, -0.2) is 4.98 Å². The van der Waals surface area contributed by atoms with Crippen LogP contribution in [0.2, 0.25) is 0 Å². The first kappa shape index (κ1) is 34.2. The molecule has 0 saturated heterocycles. The highest BCUT2D eigenvalue weighted by molar-refractivity contribution is 8.14. The summed E-state index contributed by atoms with van der Waals surface area (Å²) in [5.74, 6) is 1.65. The van der Waals surface area contributed by atoms with Gasteiger partial charge in [0.15, 0.2) is 11.2 Å². The Balaban J connectivity index is 1.29. The third-order valence-corrected chi connectivity index (χ3v) is 9.47. The average molecular weight is 678 g/mol. The first-order valence-corrected chi connectivity index (χ1v) is 17.2. The molecule has 0 atom stereocenters. The van der Waals surface area contributed by atoms with Gasteiger partial charge in [-0.3, -0.25) is 23.9 Å². The predicted molar refractivity (Wildman–Crippen MR) is 172 cm³/mol. The molecule has 2 aromatic heterocycles. The Bertz CT molecular complexity index is 1630. The zero-order valence-corrected chi connectivity index (χ0v) is 27.0. The minimum absolute atomic E-state index is 0.0480. The van der Waals surface area contributed by atoms with Crippen LogP contribution in [0.4, 0.5) is 5.95 Å². The van der Waals surface area contributed by atoms with Crippen molar-refractivity contribution in [1.29, 1.82) is 0 Å². The molecule has 2 aromatic carbocycles. The topological polar surface area (TPSA) is 187 Å². The van der Waals surface area contributed by atoms with Gasteiger partial charge in [0.1, 0.15) is 17.8 Å². The van der Waals surface area contributed by atoms with E-state index in [2.05, 4.69) is 15.0 Å². The van der Waals surface area contributed by atoms with Crippen molar-refractivity contribution in [3.05, 3.63) is 76.3 Å². The maximum absolute atomic E-state index is 13.6. The molecule has 0 fully saturated rings. The van der Waals surface area contributed by atoms with Gasteiger partial charge in [-0.15, -0.1) is 0 Å². The standard InChI is InChI=1S/C28H32N5O9PS2/c1-38-21-7-3-19(4-8-21)26(35)44-15-13-41-43(37,42-14-16-45-27(36)20-5-9-22(39-2)10-6-20)18-40-12-11-33-17-30-23-24(33)31-28(29)32-25(23)34/h3-10,17H,11-16,18H2,1-2H3,(H3,29,31,32,34). The molecule has 14 nitrogen and oxygen atoms in total. The molecule has 0 amide bonds. The minimum Gasteiger partial charge on any atom is -0.497 e. The van der Waals surface area contributed by atoms with Gasteiger partial charge >= 0.3 is 7.60 Å².